The fourth-order valence-corrected chi connectivity index (χ4v) is 4.47. The Bertz CT molecular complexity index is 1420. The number of carbonyl (C=O) groups excluding carboxylic acids is 2. The number of amides is 1. The van der Waals surface area contributed by atoms with E-state index in [1.54, 1.807) is 36.4 Å². The molecule has 0 bridgehead atoms. The smallest absolute Gasteiger partial charge is 0.359 e. The predicted molar refractivity (Wildman–Crippen MR) is 121 cm³/mol. The van der Waals surface area contributed by atoms with Gasteiger partial charge in [-0.1, -0.05) is 24.3 Å². The molecule has 33 heavy (non-hydrogen) atoms. The van der Waals surface area contributed by atoms with Crippen LogP contribution >= 0.6 is 11.3 Å². The Morgan fingerprint density at radius 2 is 1.97 bits per heavy atom. The second kappa shape index (κ2) is 8.47. The highest BCUT2D eigenvalue weighted by Gasteiger charge is 2.35. The van der Waals surface area contributed by atoms with Crippen molar-refractivity contribution in [1.82, 2.24) is 14.8 Å². The molecule has 1 unspecified atom stereocenters. The van der Waals surface area contributed by atoms with Gasteiger partial charge in [-0.3, -0.25) is 9.59 Å². The van der Waals surface area contributed by atoms with Gasteiger partial charge in [0.15, 0.2) is 12.3 Å². The molecule has 4 heterocycles. The van der Waals surface area contributed by atoms with Gasteiger partial charge in [-0.05, 0) is 29.6 Å². The average Bonchev–Trinajstić information content (AvgIpc) is 3.60. The highest BCUT2D eigenvalue weighted by molar-refractivity contribution is 7.12. The molecule has 3 aromatic heterocycles. The van der Waals surface area contributed by atoms with Gasteiger partial charge in [-0.25, -0.2) is 14.5 Å². The lowest BCUT2D eigenvalue weighted by Crippen LogP contribution is -2.31. The van der Waals surface area contributed by atoms with E-state index in [9.17, 15) is 14.4 Å². The third-order valence-electron chi connectivity index (χ3n) is 5.32. The van der Waals surface area contributed by atoms with Crippen molar-refractivity contribution >= 4 is 39.7 Å². The Labute approximate surface area is 191 Å². The van der Waals surface area contributed by atoms with Crippen molar-refractivity contribution in [2.75, 3.05) is 6.61 Å². The molecular weight excluding hydrogens is 444 g/mol. The molecule has 0 N–H and O–H groups in total. The summed E-state index contributed by atoms with van der Waals surface area (Å²) in [5.41, 5.74) is 0.399. The van der Waals surface area contributed by atoms with Crippen molar-refractivity contribution < 1.29 is 18.7 Å². The van der Waals surface area contributed by atoms with Gasteiger partial charge in [0.2, 0.25) is 0 Å². The number of rotatable bonds is 5. The summed E-state index contributed by atoms with van der Waals surface area (Å²) in [6.45, 7) is -0.532. The number of furan rings is 1. The van der Waals surface area contributed by atoms with Gasteiger partial charge in [-0.2, -0.15) is 10.2 Å². The maximum Gasteiger partial charge on any atom is 0.359 e. The van der Waals surface area contributed by atoms with Gasteiger partial charge >= 0.3 is 5.97 Å². The lowest BCUT2D eigenvalue weighted by Gasteiger charge is -2.19. The van der Waals surface area contributed by atoms with Gasteiger partial charge in [0.1, 0.15) is 11.8 Å². The lowest BCUT2D eigenvalue weighted by atomic mass is 10.1. The zero-order valence-electron chi connectivity index (χ0n) is 17.5. The fourth-order valence-electron chi connectivity index (χ4n) is 3.75. The quantitative estimate of drug-likeness (QED) is 0.422. The van der Waals surface area contributed by atoms with Crippen LogP contribution in [0.15, 0.2) is 74.5 Å². The summed E-state index contributed by atoms with van der Waals surface area (Å²) in [6.07, 6.45) is 2.03. The molecule has 5 rings (SSSR count). The van der Waals surface area contributed by atoms with Gasteiger partial charge in [-0.15, -0.1) is 11.3 Å². The van der Waals surface area contributed by atoms with Crippen molar-refractivity contribution in [2.24, 2.45) is 12.1 Å². The largest absolute Gasteiger partial charge is 0.467 e. The number of fused-ring (bicyclic) bond motifs is 1. The monoisotopic (exact) mass is 462 g/mol. The molecule has 0 saturated heterocycles. The van der Waals surface area contributed by atoms with Gasteiger partial charge in [0, 0.05) is 18.9 Å². The van der Waals surface area contributed by atoms with Crippen LogP contribution in [0, 0.1) is 0 Å². The number of benzene rings is 1. The summed E-state index contributed by atoms with van der Waals surface area (Å²) in [5.74, 6) is -0.701. The Morgan fingerprint density at radius 1 is 1.15 bits per heavy atom. The van der Waals surface area contributed by atoms with E-state index < -0.39 is 24.5 Å². The van der Waals surface area contributed by atoms with Crippen molar-refractivity contribution in [3.63, 3.8) is 0 Å². The van der Waals surface area contributed by atoms with Crippen LogP contribution in [0.2, 0.25) is 0 Å². The second-order valence-electron chi connectivity index (χ2n) is 7.40. The number of esters is 1. The third kappa shape index (κ3) is 3.85. The first-order chi connectivity index (χ1) is 16.0. The van der Waals surface area contributed by atoms with E-state index in [0.29, 0.717) is 23.0 Å². The molecular formula is C23H18N4O5S. The highest BCUT2D eigenvalue weighted by Crippen LogP contribution is 2.34. The number of hydrazone groups is 1. The Balaban J connectivity index is 1.38. The average molecular weight is 462 g/mol. The Hall–Kier alpha value is -4.05. The van der Waals surface area contributed by atoms with Crippen LogP contribution in [0.25, 0.3) is 10.8 Å². The van der Waals surface area contributed by atoms with Crippen molar-refractivity contribution in [2.45, 2.75) is 12.5 Å². The molecule has 1 aliphatic rings. The summed E-state index contributed by atoms with van der Waals surface area (Å²) in [4.78, 5) is 39.0. The number of ether oxygens (including phenoxy) is 1. The van der Waals surface area contributed by atoms with Crippen LogP contribution in [0.1, 0.15) is 33.6 Å². The normalized spacial score (nSPS) is 15.6. The minimum atomic E-state index is -0.800. The fraction of sp³-hybridized carbons (Fsp3) is 0.174. The molecule has 0 saturated carbocycles. The van der Waals surface area contributed by atoms with Crippen LogP contribution in [-0.4, -0.2) is 39.0 Å². The molecule has 1 aromatic carbocycles. The zero-order valence-corrected chi connectivity index (χ0v) is 18.3. The molecule has 1 amide bonds. The molecule has 0 aliphatic carbocycles. The molecule has 0 radical (unpaired) electrons. The minimum absolute atomic E-state index is 0.0349. The highest BCUT2D eigenvalue weighted by atomic mass is 32.1. The van der Waals surface area contributed by atoms with Crippen LogP contribution < -0.4 is 5.56 Å². The molecule has 10 heteroatoms. The molecule has 0 fully saturated rings. The van der Waals surface area contributed by atoms with E-state index in [-0.39, 0.29) is 11.3 Å². The van der Waals surface area contributed by atoms with E-state index in [4.69, 9.17) is 9.15 Å². The number of hydrogen-bond donors (Lipinski definition) is 0. The second-order valence-corrected chi connectivity index (χ2v) is 8.34. The number of carbonyl (C=O) groups is 2. The maximum absolute atomic E-state index is 13.0. The molecule has 1 aliphatic heterocycles. The van der Waals surface area contributed by atoms with Crippen molar-refractivity contribution in [1.29, 1.82) is 0 Å². The minimum Gasteiger partial charge on any atom is -0.467 e. The molecule has 1 atom stereocenters. The predicted octanol–water partition coefficient (Wildman–Crippen LogP) is 3.12. The number of aromatic nitrogens is 2. The summed E-state index contributed by atoms with van der Waals surface area (Å²) in [7, 11) is 1.45. The Morgan fingerprint density at radius 3 is 2.70 bits per heavy atom. The van der Waals surface area contributed by atoms with Gasteiger partial charge < -0.3 is 9.15 Å². The van der Waals surface area contributed by atoms with E-state index in [0.717, 1.165) is 15.3 Å². The maximum atomic E-state index is 13.0. The van der Waals surface area contributed by atoms with Crippen molar-refractivity contribution in [3.05, 3.63) is 86.9 Å². The number of hydrogen-bond acceptors (Lipinski definition) is 8. The molecule has 166 valence electrons. The standard InChI is InChI=1S/C23H18N4O5S/c1-26-22(29)15-7-3-2-6-14(15)21(25-26)23(30)32-13-20(28)27-17(18-8-4-10-31-18)12-16(24-27)19-9-5-11-33-19/h2-11,17H,12-13H2,1H3. The SMILES string of the molecule is Cn1nc(C(=O)OCC(=O)N2N=C(c3cccs3)CC2c2ccco2)c2ccccc2c1=O. The van der Waals surface area contributed by atoms with Crippen LogP contribution in [-0.2, 0) is 16.6 Å². The summed E-state index contributed by atoms with van der Waals surface area (Å²) in [6, 6.07) is 13.6. The van der Waals surface area contributed by atoms with E-state index >= 15 is 0 Å². The number of aryl methyl sites for hydroxylation is 1. The molecule has 9 nitrogen and oxygen atoms in total. The van der Waals surface area contributed by atoms with E-state index in [1.165, 1.54) is 29.7 Å². The summed E-state index contributed by atoms with van der Waals surface area (Å²) < 4.78 is 11.9. The Kier molecular flexibility index (Phi) is 5.35. The van der Waals surface area contributed by atoms with Crippen molar-refractivity contribution in [3.8, 4) is 0 Å². The number of nitrogens with zero attached hydrogens (tertiary/aromatic N) is 4. The summed E-state index contributed by atoms with van der Waals surface area (Å²) in [5, 5.41) is 12.5. The third-order valence-corrected chi connectivity index (χ3v) is 6.24. The first-order valence-electron chi connectivity index (χ1n) is 10.1. The number of thiophene rings is 1. The van der Waals surface area contributed by atoms with E-state index in [2.05, 4.69) is 10.2 Å². The zero-order chi connectivity index (χ0) is 22.9. The topological polar surface area (TPSA) is 107 Å². The first kappa shape index (κ1) is 20.8. The lowest BCUT2D eigenvalue weighted by molar-refractivity contribution is -0.136. The summed E-state index contributed by atoms with van der Waals surface area (Å²) >= 11 is 1.53. The van der Waals surface area contributed by atoms with Crippen LogP contribution in [0.4, 0.5) is 0 Å². The van der Waals surface area contributed by atoms with Crippen LogP contribution in [0.3, 0.4) is 0 Å². The van der Waals surface area contributed by atoms with Gasteiger partial charge in [0.25, 0.3) is 11.5 Å². The van der Waals surface area contributed by atoms with Gasteiger partial charge in [0.05, 0.1) is 22.2 Å². The molecule has 4 aromatic rings. The van der Waals surface area contributed by atoms with Crippen LogP contribution in [0.5, 0.6) is 0 Å². The van der Waals surface area contributed by atoms with E-state index in [1.807, 2.05) is 17.5 Å². The first-order valence-corrected chi connectivity index (χ1v) is 11.0. The molecule has 0 spiro atoms.